The van der Waals surface area contributed by atoms with Gasteiger partial charge in [0.1, 0.15) is 5.60 Å². The summed E-state index contributed by atoms with van der Waals surface area (Å²) in [5, 5.41) is 4.14. The lowest BCUT2D eigenvalue weighted by atomic mass is 9.93. The standard InChI is InChI=1S/C14H25N3O3/c1-10(2)8-11(9-15)12-16-13(17-20-12)14(18-3)4-6-19-7-5-14/h10-11H,4-9,15H2,1-3H3. The fraction of sp³-hybridized carbons (Fsp3) is 0.857. The van der Waals surface area contributed by atoms with Crippen LogP contribution >= 0.6 is 0 Å². The minimum absolute atomic E-state index is 0.116. The molecular weight excluding hydrogens is 258 g/mol. The van der Waals surface area contributed by atoms with E-state index < -0.39 is 5.60 Å². The van der Waals surface area contributed by atoms with Crippen molar-refractivity contribution in [2.75, 3.05) is 26.9 Å². The molecule has 2 N–H and O–H groups in total. The maximum absolute atomic E-state index is 5.83. The summed E-state index contributed by atoms with van der Waals surface area (Å²) in [6.07, 6.45) is 2.45. The smallest absolute Gasteiger partial charge is 0.231 e. The highest BCUT2D eigenvalue weighted by atomic mass is 16.5. The molecule has 2 heterocycles. The zero-order valence-corrected chi connectivity index (χ0v) is 12.6. The SMILES string of the molecule is COC1(c2noc(C(CN)CC(C)C)n2)CCOCC1. The van der Waals surface area contributed by atoms with Crippen LogP contribution in [0.2, 0.25) is 0 Å². The molecule has 0 radical (unpaired) electrons. The van der Waals surface area contributed by atoms with E-state index in [9.17, 15) is 0 Å². The molecule has 0 amide bonds. The molecule has 0 aromatic carbocycles. The minimum Gasteiger partial charge on any atom is -0.381 e. The van der Waals surface area contributed by atoms with Gasteiger partial charge in [0.15, 0.2) is 0 Å². The summed E-state index contributed by atoms with van der Waals surface area (Å²) in [6.45, 7) is 6.15. The Labute approximate surface area is 120 Å². The van der Waals surface area contributed by atoms with E-state index in [-0.39, 0.29) is 5.92 Å². The van der Waals surface area contributed by atoms with Gasteiger partial charge in [0.2, 0.25) is 11.7 Å². The highest BCUT2D eigenvalue weighted by Crippen LogP contribution is 2.34. The Morgan fingerprint density at radius 3 is 2.60 bits per heavy atom. The maximum Gasteiger partial charge on any atom is 0.231 e. The van der Waals surface area contributed by atoms with E-state index in [0.29, 0.717) is 37.4 Å². The van der Waals surface area contributed by atoms with Crippen molar-refractivity contribution >= 4 is 0 Å². The molecule has 1 aliphatic rings. The third-order valence-electron chi connectivity index (χ3n) is 3.93. The van der Waals surface area contributed by atoms with Crippen molar-refractivity contribution in [1.82, 2.24) is 10.1 Å². The Morgan fingerprint density at radius 1 is 1.35 bits per heavy atom. The van der Waals surface area contributed by atoms with Crippen LogP contribution in [-0.4, -0.2) is 37.0 Å². The fourth-order valence-electron chi connectivity index (χ4n) is 2.67. The molecule has 2 rings (SSSR count). The van der Waals surface area contributed by atoms with Crippen LogP contribution in [-0.2, 0) is 15.1 Å². The summed E-state index contributed by atoms with van der Waals surface area (Å²) in [7, 11) is 1.69. The van der Waals surface area contributed by atoms with E-state index in [1.165, 1.54) is 0 Å². The lowest BCUT2D eigenvalue weighted by Crippen LogP contribution is -2.36. The van der Waals surface area contributed by atoms with Crippen molar-refractivity contribution in [3.05, 3.63) is 11.7 Å². The van der Waals surface area contributed by atoms with E-state index >= 15 is 0 Å². The third kappa shape index (κ3) is 3.19. The Hall–Kier alpha value is -0.980. The van der Waals surface area contributed by atoms with Crippen LogP contribution in [0.4, 0.5) is 0 Å². The molecule has 1 aliphatic heterocycles. The summed E-state index contributed by atoms with van der Waals surface area (Å²) in [6, 6.07) is 0. The summed E-state index contributed by atoms with van der Waals surface area (Å²) in [4.78, 5) is 4.56. The van der Waals surface area contributed by atoms with Gasteiger partial charge in [0.05, 0.1) is 5.92 Å². The number of nitrogens with two attached hydrogens (primary N) is 1. The van der Waals surface area contributed by atoms with Crippen LogP contribution in [0.25, 0.3) is 0 Å². The number of rotatable bonds is 6. The van der Waals surface area contributed by atoms with Gasteiger partial charge in [-0.05, 0) is 12.3 Å². The average Bonchev–Trinajstić information content (AvgIpc) is 2.95. The number of nitrogens with zero attached hydrogens (tertiary/aromatic N) is 2. The van der Waals surface area contributed by atoms with Gasteiger partial charge >= 0.3 is 0 Å². The minimum atomic E-state index is -0.475. The predicted molar refractivity (Wildman–Crippen MR) is 74.3 cm³/mol. The molecule has 1 saturated heterocycles. The first-order chi connectivity index (χ1) is 9.61. The van der Waals surface area contributed by atoms with Gasteiger partial charge in [0, 0.05) is 39.7 Å². The molecule has 0 saturated carbocycles. The summed E-state index contributed by atoms with van der Waals surface area (Å²) in [5.41, 5.74) is 5.35. The predicted octanol–water partition coefficient (Wildman–Crippen LogP) is 1.81. The number of aromatic nitrogens is 2. The first-order valence-corrected chi connectivity index (χ1v) is 7.28. The first kappa shape index (κ1) is 15.4. The van der Waals surface area contributed by atoms with E-state index in [4.69, 9.17) is 19.7 Å². The lowest BCUT2D eigenvalue weighted by Gasteiger charge is -2.32. The molecule has 114 valence electrons. The van der Waals surface area contributed by atoms with Crippen molar-refractivity contribution in [2.24, 2.45) is 11.7 Å². The number of hydrogen-bond acceptors (Lipinski definition) is 6. The van der Waals surface area contributed by atoms with Crippen molar-refractivity contribution < 1.29 is 14.0 Å². The first-order valence-electron chi connectivity index (χ1n) is 7.28. The summed E-state index contributed by atoms with van der Waals surface area (Å²) < 4.78 is 16.5. The highest BCUT2D eigenvalue weighted by molar-refractivity contribution is 5.05. The van der Waals surface area contributed by atoms with Gasteiger partial charge in [-0.2, -0.15) is 4.98 Å². The van der Waals surface area contributed by atoms with Crippen molar-refractivity contribution in [3.8, 4) is 0 Å². The summed E-state index contributed by atoms with van der Waals surface area (Å²) in [5.74, 6) is 1.91. The number of ether oxygens (including phenoxy) is 2. The van der Waals surface area contributed by atoms with Crippen LogP contribution in [0.5, 0.6) is 0 Å². The van der Waals surface area contributed by atoms with Gasteiger partial charge in [-0.3, -0.25) is 0 Å². The Kier molecular flexibility index (Phi) is 5.12. The van der Waals surface area contributed by atoms with Crippen LogP contribution in [0, 0.1) is 5.92 Å². The fourth-order valence-corrected chi connectivity index (χ4v) is 2.67. The number of methoxy groups -OCH3 is 1. The quantitative estimate of drug-likeness (QED) is 0.857. The highest BCUT2D eigenvalue weighted by Gasteiger charge is 2.39. The van der Waals surface area contributed by atoms with Crippen LogP contribution in [0.15, 0.2) is 4.52 Å². The molecule has 6 heteroatoms. The third-order valence-corrected chi connectivity index (χ3v) is 3.93. The Balaban J connectivity index is 2.18. The van der Waals surface area contributed by atoms with Gasteiger partial charge in [-0.25, -0.2) is 0 Å². The largest absolute Gasteiger partial charge is 0.381 e. The van der Waals surface area contributed by atoms with Crippen molar-refractivity contribution in [3.63, 3.8) is 0 Å². The van der Waals surface area contributed by atoms with Gasteiger partial charge in [-0.1, -0.05) is 19.0 Å². The van der Waals surface area contributed by atoms with E-state index in [2.05, 4.69) is 24.0 Å². The molecule has 0 spiro atoms. The average molecular weight is 283 g/mol. The van der Waals surface area contributed by atoms with E-state index in [1.54, 1.807) is 7.11 Å². The lowest BCUT2D eigenvalue weighted by molar-refractivity contribution is -0.101. The molecular formula is C14H25N3O3. The maximum atomic E-state index is 5.83. The molecule has 1 unspecified atom stereocenters. The Bertz CT molecular complexity index is 414. The topological polar surface area (TPSA) is 83.4 Å². The van der Waals surface area contributed by atoms with Crippen LogP contribution in [0.1, 0.15) is 50.7 Å². The molecule has 1 aromatic heterocycles. The van der Waals surface area contributed by atoms with Crippen LogP contribution in [0.3, 0.4) is 0 Å². The monoisotopic (exact) mass is 283 g/mol. The van der Waals surface area contributed by atoms with Crippen molar-refractivity contribution in [1.29, 1.82) is 0 Å². The van der Waals surface area contributed by atoms with E-state index in [0.717, 1.165) is 19.3 Å². The van der Waals surface area contributed by atoms with Gasteiger partial charge in [-0.15, -0.1) is 0 Å². The molecule has 1 atom stereocenters. The molecule has 6 nitrogen and oxygen atoms in total. The van der Waals surface area contributed by atoms with Gasteiger partial charge < -0.3 is 19.7 Å². The normalized spacial score (nSPS) is 20.2. The Morgan fingerprint density at radius 2 is 2.05 bits per heavy atom. The second kappa shape index (κ2) is 6.65. The van der Waals surface area contributed by atoms with Crippen molar-refractivity contribution in [2.45, 2.75) is 44.6 Å². The number of hydrogen-bond donors (Lipinski definition) is 1. The van der Waals surface area contributed by atoms with Crippen LogP contribution < -0.4 is 5.73 Å². The second-order valence-corrected chi connectivity index (χ2v) is 5.83. The van der Waals surface area contributed by atoms with Gasteiger partial charge in [0.25, 0.3) is 0 Å². The van der Waals surface area contributed by atoms with E-state index in [1.807, 2.05) is 0 Å². The zero-order valence-electron chi connectivity index (χ0n) is 12.6. The zero-order chi connectivity index (χ0) is 14.6. The summed E-state index contributed by atoms with van der Waals surface area (Å²) >= 11 is 0. The molecule has 1 aromatic rings. The molecule has 1 fully saturated rings. The molecule has 0 bridgehead atoms. The second-order valence-electron chi connectivity index (χ2n) is 5.83. The molecule has 20 heavy (non-hydrogen) atoms. The molecule has 0 aliphatic carbocycles.